The Morgan fingerprint density at radius 3 is 2.27 bits per heavy atom. The zero-order valence-electron chi connectivity index (χ0n) is 16.3. The molecule has 0 fully saturated rings. The first kappa shape index (κ1) is 21.1. The maximum absolute atomic E-state index is 13.2. The van der Waals surface area contributed by atoms with Crippen molar-refractivity contribution in [2.75, 3.05) is 10.8 Å². The quantitative estimate of drug-likeness (QED) is 0.286. The lowest BCUT2D eigenvalue weighted by atomic mass is 10.2. The van der Waals surface area contributed by atoms with E-state index in [1.807, 2.05) is 30.3 Å². The summed E-state index contributed by atoms with van der Waals surface area (Å²) in [5, 5.41) is 11.2. The van der Waals surface area contributed by atoms with E-state index in [0.717, 1.165) is 10.4 Å². The molecule has 30 heavy (non-hydrogen) atoms. The Labute approximate surface area is 175 Å². The Hall–Kier alpha value is -3.65. The minimum atomic E-state index is -4.04. The minimum absolute atomic E-state index is 0.00287. The van der Waals surface area contributed by atoms with Gasteiger partial charge < -0.3 is 4.74 Å². The van der Waals surface area contributed by atoms with Crippen LogP contribution in [0.4, 0.5) is 11.4 Å². The summed E-state index contributed by atoms with van der Waals surface area (Å²) in [6, 6.07) is 19.6. The zero-order valence-corrected chi connectivity index (χ0v) is 17.1. The van der Waals surface area contributed by atoms with Crippen LogP contribution in [0.25, 0.3) is 0 Å². The van der Waals surface area contributed by atoms with Crippen molar-refractivity contribution < 1.29 is 18.1 Å². The fourth-order valence-electron chi connectivity index (χ4n) is 2.84. The van der Waals surface area contributed by atoms with Crippen molar-refractivity contribution in [3.8, 4) is 11.5 Å². The van der Waals surface area contributed by atoms with Gasteiger partial charge in [0.15, 0.2) is 0 Å². The van der Waals surface area contributed by atoms with Gasteiger partial charge in [-0.2, -0.15) is 0 Å². The van der Waals surface area contributed by atoms with Crippen LogP contribution in [0.2, 0.25) is 0 Å². The number of hydrogen-bond donors (Lipinski definition) is 0. The summed E-state index contributed by atoms with van der Waals surface area (Å²) < 4.78 is 33.3. The summed E-state index contributed by atoms with van der Waals surface area (Å²) in [4.78, 5) is 10.5. The normalized spacial score (nSPS) is 11.0. The maximum Gasteiger partial charge on any atom is 0.273 e. The highest BCUT2D eigenvalue weighted by atomic mass is 32.2. The van der Waals surface area contributed by atoms with Gasteiger partial charge in [0, 0.05) is 11.6 Å². The van der Waals surface area contributed by atoms with Gasteiger partial charge in [0.1, 0.15) is 11.5 Å². The standard InChI is InChI=1S/C22H20N2O5S/c1-3-15-23(30(27,28)21-14-9-17(2)22(16-21)24(25)26)18-10-12-20(13-11-18)29-19-7-5-4-6-8-19/h3-14,16H,1,15H2,2H3. The molecule has 0 spiro atoms. The van der Waals surface area contributed by atoms with Crippen molar-refractivity contribution >= 4 is 21.4 Å². The lowest BCUT2D eigenvalue weighted by Crippen LogP contribution is -2.31. The second-order valence-corrected chi connectivity index (χ2v) is 8.30. The summed E-state index contributed by atoms with van der Waals surface area (Å²) in [5.74, 6) is 1.21. The van der Waals surface area contributed by atoms with E-state index < -0.39 is 14.9 Å². The second-order valence-electron chi connectivity index (χ2n) is 6.44. The number of sulfonamides is 1. The van der Waals surface area contributed by atoms with Crippen molar-refractivity contribution in [3.05, 3.63) is 101 Å². The zero-order chi connectivity index (χ0) is 21.7. The first-order valence-electron chi connectivity index (χ1n) is 9.04. The van der Waals surface area contributed by atoms with Gasteiger partial charge in [0.05, 0.1) is 22.1 Å². The predicted molar refractivity (Wildman–Crippen MR) is 116 cm³/mol. The second kappa shape index (κ2) is 8.79. The van der Waals surface area contributed by atoms with E-state index in [2.05, 4.69) is 6.58 Å². The van der Waals surface area contributed by atoms with Crippen LogP contribution in [-0.2, 0) is 10.0 Å². The number of anilines is 1. The van der Waals surface area contributed by atoms with Gasteiger partial charge in [0.2, 0.25) is 0 Å². The molecule has 154 valence electrons. The van der Waals surface area contributed by atoms with Gasteiger partial charge in [-0.15, -0.1) is 6.58 Å². The molecule has 3 aromatic rings. The molecule has 3 rings (SSSR count). The van der Waals surface area contributed by atoms with Crippen LogP contribution < -0.4 is 9.04 Å². The van der Waals surface area contributed by atoms with Crippen molar-refractivity contribution in [3.63, 3.8) is 0 Å². The van der Waals surface area contributed by atoms with Crippen molar-refractivity contribution in [1.29, 1.82) is 0 Å². The molecule has 0 aliphatic rings. The van der Waals surface area contributed by atoms with Gasteiger partial charge in [-0.25, -0.2) is 8.42 Å². The Morgan fingerprint density at radius 2 is 1.67 bits per heavy atom. The van der Waals surface area contributed by atoms with Gasteiger partial charge in [-0.1, -0.05) is 30.3 Å². The fraction of sp³-hybridized carbons (Fsp3) is 0.0909. The molecule has 0 bridgehead atoms. The molecule has 8 heteroatoms. The maximum atomic E-state index is 13.2. The number of nitro groups is 1. The smallest absolute Gasteiger partial charge is 0.273 e. The third-order valence-corrected chi connectivity index (χ3v) is 6.15. The average molecular weight is 424 g/mol. The Bertz CT molecular complexity index is 1160. The number of hydrogen-bond acceptors (Lipinski definition) is 5. The molecule has 0 radical (unpaired) electrons. The molecule has 0 atom stereocenters. The number of rotatable bonds is 8. The molecule has 0 unspecified atom stereocenters. The number of para-hydroxylation sites is 1. The van der Waals surface area contributed by atoms with Crippen molar-refractivity contribution in [2.45, 2.75) is 11.8 Å². The number of nitro benzene ring substituents is 1. The SMILES string of the molecule is C=CCN(c1ccc(Oc2ccccc2)cc1)S(=O)(=O)c1ccc(C)c([N+](=O)[O-])c1. The van der Waals surface area contributed by atoms with Gasteiger partial charge in [-0.3, -0.25) is 14.4 Å². The fourth-order valence-corrected chi connectivity index (χ4v) is 4.29. The summed E-state index contributed by atoms with van der Waals surface area (Å²) in [6.45, 7) is 5.19. The third kappa shape index (κ3) is 4.49. The van der Waals surface area contributed by atoms with E-state index in [0.29, 0.717) is 22.7 Å². The molecule has 0 heterocycles. The predicted octanol–water partition coefficient (Wildman–Crippen LogP) is 5.08. The third-order valence-electron chi connectivity index (χ3n) is 4.36. The van der Waals surface area contributed by atoms with E-state index in [4.69, 9.17) is 4.74 Å². The molecule has 0 saturated carbocycles. The van der Waals surface area contributed by atoms with E-state index in [1.165, 1.54) is 18.2 Å². The molecule has 0 amide bonds. The molecular formula is C22H20N2O5S. The Morgan fingerprint density at radius 1 is 1.03 bits per heavy atom. The highest BCUT2D eigenvalue weighted by molar-refractivity contribution is 7.92. The number of ether oxygens (including phenoxy) is 1. The molecule has 7 nitrogen and oxygen atoms in total. The van der Waals surface area contributed by atoms with Crippen LogP contribution in [0.3, 0.4) is 0 Å². The largest absolute Gasteiger partial charge is 0.457 e. The molecule has 0 N–H and O–H groups in total. The first-order valence-corrected chi connectivity index (χ1v) is 10.5. The molecule has 0 aromatic heterocycles. The van der Waals surface area contributed by atoms with Gasteiger partial charge in [0.25, 0.3) is 15.7 Å². The summed E-state index contributed by atoms with van der Waals surface area (Å²) in [5.41, 5.74) is 0.524. The molecule has 3 aromatic carbocycles. The highest BCUT2D eigenvalue weighted by Gasteiger charge is 2.26. The van der Waals surface area contributed by atoms with Gasteiger partial charge >= 0.3 is 0 Å². The Balaban J connectivity index is 1.94. The monoisotopic (exact) mass is 424 g/mol. The van der Waals surface area contributed by atoms with E-state index in [9.17, 15) is 18.5 Å². The topological polar surface area (TPSA) is 89.8 Å². The number of aryl methyl sites for hydroxylation is 1. The summed E-state index contributed by atoms with van der Waals surface area (Å²) in [6.07, 6.45) is 1.45. The van der Waals surface area contributed by atoms with Crippen molar-refractivity contribution in [2.24, 2.45) is 0 Å². The molecule has 0 aliphatic heterocycles. The van der Waals surface area contributed by atoms with Crippen LogP contribution >= 0.6 is 0 Å². The van der Waals surface area contributed by atoms with E-state index in [1.54, 1.807) is 31.2 Å². The lowest BCUT2D eigenvalue weighted by molar-refractivity contribution is -0.385. The van der Waals surface area contributed by atoms with Crippen molar-refractivity contribution in [1.82, 2.24) is 0 Å². The summed E-state index contributed by atoms with van der Waals surface area (Å²) >= 11 is 0. The van der Waals surface area contributed by atoms with Crippen LogP contribution in [0.1, 0.15) is 5.56 Å². The molecule has 0 aliphatic carbocycles. The first-order chi connectivity index (χ1) is 14.3. The van der Waals surface area contributed by atoms with E-state index in [-0.39, 0.29) is 17.1 Å². The Kier molecular flexibility index (Phi) is 6.17. The van der Waals surface area contributed by atoms with Crippen LogP contribution in [0.15, 0.2) is 90.3 Å². The summed E-state index contributed by atoms with van der Waals surface area (Å²) in [7, 11) is -4.04. The number of benzene rings is 3. The highest BCUT2D eigenvalue weighted by Crippen LogP contribution is 2.30. The minimum Gasteiger partial charge on any atom is -0.457 e. The van der Waals surface area contributed by atoms with E-state index >= 15 is 0 Å². The van der Waals surface area contributed by atoms with Gasteiger partial charge in [-0.05, 0) is 49.4 Å². The lowest BCUT2D eigenvalue weighted by Gasteiger charge is -2.23. The van der Waals surface area contributed by atoms with Crippen LogP contribution in [-0.4, -0.2) is 19.9 Å². The number of nitrogens with zero attached hydrogens (tertiary/aromatic N) is 2. The van der Waals surface area contributed by atoms with Crippen LogP contribution in [0.5, 0.6) is 11.5 Å². The molecule has 0 saturated heterocycles. The average Bonchev–Trinajstić information content (AvgIpc) is 2.73. The molecular weight excluding hydrogens is 404 g/mol. The van der Waals surface area contributed by atoms with Crippen LogP contribution in [0, 0.1) is 17.0 Å².